The number of nitrogens with zero attached hydrogens (tertiary/aromatic N) is 2. The van der Waals surface area contributed by atoms with Gasteiger partial charge in [0, 0.05) is 19.1 Å². The van der Waals surface area contributed by atoms with E-state index in [0.717, 1.165) is 19.5 Å². The second-order valence-corrected chi connectivity index (χ2v) is 8.05. The van der Waals surface area contributed by atoms with Gasteiger partial charge in [-0.1, -0.05) is 30.7 Å². The Morgan fingerprint density at radius 3 is 2.37 bits per heavy atom. The Kier molecular flexibility index (Phi) is 8.62. The SMILES string of the molecule is C=CCN(CC(C)CC)C(C)/C=N/[S@@+]([O-])C(C)(C)C. The van der Waals surface area contributed by atoms with E-state index in [1.54, 1.807) is 0 Å². The molecule has 0 aliphatic heterocycles. The predicted octanol–water partition coefficient (Wildman–Crippen LogP) is 3.44. The summed E-state index contributed by atoms with van der Waals surface area (Å²) < 4.78 is 15.8. The van der Waals surface area contributed by atoms with E-state index in [-0.39, 0.29) is 10.8 Å². The molecule has 4 heteroatoms. The molecule has 0 amide bonds. The van der Waals surface area contributed by atoms with Crippen LogP contribution in [0.15, 0.2) is 17.1 Å². The third-order valence-corrected chi connectivity index (χ3v) is 4.44. The fourth-order valence-electron chi connectivity index (χ4n) is 1.50. The van der Waals surface area contributed by atoms with Gasteiger partial charge in [0.05, 0.1) is 6.21 Å². The molecule has 0 rings (SSSR count). The van der Waals surface area contributed by atoms with E-state index in [1.807, 2.05) is 33.1 Å². The Labute approximate surface area is 122 Å². The van der Waals surface area contributed by atoms with Crippen molar-refractivity contribution < 1.29 is 4.55 Å². The molecule has 0 aliphatic rings. The quantitative estimate of drug-likeness (QED) is 0.389. The highest BCUT2D eigenvalue weighted by molar-refractivity contribution is 7.91. The zero-order valence-electron chi connectivity index (χ0n) is 13.3. The van der Waals surface area contributed by atoms with Crippen LogP contribution in [0.3, 0.4) is 0 Å². The van der Waals surface area contributed by atoms with Gasteiger partial charge in [-0.05, 0) is 33.6 Å². The van der Waals surface area contributed by atoms with Crippen molar-refractivity contribution in [1.29, 1.82) is 0 Å². The monoisotopic (exact) mass is 286 g/mol. The average Bonchev–Trinajstić information content (AvgIpc) is 2.33. The van der Waals surface area contributed by atoms with Crippen LogP contribution in [-0.4, -0.2) is 39.5 Å². The Morgan fingerprint density at radius 2 is 1.95 bits per heavy atom. The fourth-order valence-corrected chi connectivity index (χ4v) is 2.10. The number of hydrogen-bond acceptors (Lipinski definition) is 3. The molecule has 3 nitrogen and oxygen atoms in total. The lowest BCUT2D eigenvalue weighted by molar-refractivity contribution is 0.241. The zero-order chi connectivity index (χ0) is 15.1. The van der Waals surface area contributed by atoms with Gasteiger partial charge in [-0.2, -0.15) is 0 Å². The molecule has 0 aromatic heterocycles. The van der Waals surface area contributed by atoms with E-state index in [9.17, 15) is 4.55 Å². The van der Waals surface area contributed by atoms with E-state index < -0.39 is 11.4 Å². The average molecular weight is 286 g/mol. The van der Waals surface area contributed by atoms with Gasteiger partial charge in [0.1, 0.15) is 16.1 Å². The van der Waals surface area contributed by atoms with Crippen LogP contribution in [0.1, 0.15) is 48.0 Å². The van der Waals surface area contributed by atoms with Gasteiger partial charge < -0.3 is 4.55 Å². The van der Waals surface area contributed by atoms with E-state index >= 15 is 0 Å². The Bertz CT molecular complexity index is 286. The summed E-state index contributed by atoms with van der Waals surface area (Å²) in [5.74, 6) is 0.643. The molecule has 0 saturated heterocycles. The van der Waals surface area contributed by atoms with Crippen molar-refractivity contribution in [2.24, 2.45) is 10.3 Å². The first-order valence-electron chi connectivity index (χ1n) is 7.03. The molecular weight excluding hydrogens is 256 g/mol. The molecule has 3 atom stereocenters. The van der Waals surface area contributed by atoms with Crippen molar-refractivity contribution in [2.45, 2.75) is 58.8 Å². The van der Waals surface area contributed by atoms with E-state index in [2.05, 4.69) is 36.6 Å². The summed E-state index contributed by atoms with van der Waals surface area (Å²) in [4.78, 5) is 2.31. The van der Waals surface area contributed by atoms with Gasteiger partial charge in [-0.3, -0.25) is 4.90 Å². The molecule has 19 heavy (non-hydrogen) atoms. The zero-order valence-corrected chi connectivity index (χ0v) is 14.2. The Hall–Kier alpha value is -0.320. The topological polar surface area (TPSA) is 38.7 Å². The second kappa shape index (κ2) is 8.77. The van der Waals surface area contributed by atoms with Crippen molar-refractivity contribution in [3.8, 4) is 0 Å². The second-order valence-electron chi connectivity index (χ2n) is 6.11. The van der Waals surface area contributed by atoms with Gasteiger partial charge in [0.2, 0.25) is 0 Å². The lowest BCUT2D eigenvalue weighted by Crippen LogP contribution is -2.38. The number of rotatable bonds is 8. The molecular formula is C15H30N2OS. The van der Waals surface area contributed by atoms with Gasteiger partial charge in [0.15, 0.2) is 0 Å². The minimum Gasteiger partial charge on any atom is -0.591 e. The van der Waals surface area contributed by atoms with Gasteiger partial charge in [0.25, 0.3) is 0 Å². The van der Waals surface area contributed by atoms with E-state index in [4.69, 9.17) is 0 Å². The molecule has 0 spiro atoms. The molecule has 0 N–H and O–H groups in total. The van der Waals surface area contributed by atoms with Gasteiger partial charge in [-0.15, -0.1) is 6.58 Å². The first kappa shape index (κ1) is 18.7. The summed E-state index contributed by atoms with van der Waals surface area (Å²) in [7, 11) is 0. The first-order valence-corrected chi connectivity index (χ1v) is 8.14. The molecule has 112 valence electrons. The number of hydrogen-bond donors (Lipinski definition) is 0. The summed E-state index contributed by atoms with van der Waals surface area (Å²) in [6.45, 7) is 18.0. The standard InChI is InChI=1S/C15H30N2OS/c1-8-10-17(12-13(3)9-2)14(4)11-16-19(18)15(5,6)7/h8,11,13-14H,1,9-10,12H2,2-7H3/b16-11+/t13?,14?,19-/m0/s1. The van der Waals surface area contributed by atoms with Crippen molar-refractivity contribution in [2.75, 3.05) is 13.1 Å². The largest absolute Gasteiger partial charge is 0.591 e. The summed E-state index contributed by atoms with van der Waals surface area (Å²) in [5.41, 5.74) is 0. The smallest absolute Gasteiger partial charge is 0.144 e. The van der Waals surface area contributed by atoms with Crippen molar-refractivity contribution >= 4 is 17.6 Å². The van der Waals surface area contributed by atoms with Crippen LogP contribution in [0.4, 0.5) is 0 Å². The highest BCUT2D eigenvalue weighted by Crippen LogP contribution is 2.17. The van der Waals surface area contributed by atoms with Crippen LogP contribution in [0, 0.1) is 5.92 Å². The Morgan fingerprint density at radius 1 is 1.37 bits per heavy atom. The Balaban J connectivity index is 4.59. The van der Waals surface area contributed by atoms with E-state index in [0.29, 0.717) is 5.92 Å². The normalized spacial score (nSPS) is 17.7. The minimum atomic E-state index is -1.18. The van der Waals surface area contributed by atoms with Crippen molar-refractivity contribution in [3.63, 3.8) is 0 Å². The summed E-state index contributed by atoms with van der Waals surface area (Å²) in [6, 6.07) is 0.179. The molecule has 0 saturated carbocycles. The third-order valence-electron chi connectivity index (χ3n) is 3.08. The first-order chi connectivity index (χ1) is 8.72. The van der Waals surface area contributed by atoms with E-state index in [1.165, 1.54) is 0 Å². The highest BCUT2D eigenvalue weighted by Gasteiger charge is 2.26. The molecule has 0 fully saturated rings. The maximum absolute atomic E-state index is 11.9. The van der Waals surface area contributed by atoms with Gasteiger partial charge >= 0.3 is 0 Å². The van der Waals surface area contributed by atoms with Crippen LogP contribution in [0.5, 0.6) is 0 Å². The summed E-state index contributed by atoms with van der Waals surface area (Å²) in [6.07, 6.45) is 4.88. The minimum absolute atomic E-state index is 0.179. The molecule has 0 aromatic carbocycles. The maximum atomic E-state index is 11.9. The van der Waals surface area contributed by atoms with Crippen LogP contribution in [-0.2, 0) is 11.4 Å². The summed E-state index contributed by atoms with van der Waals surface area (Å²) in [5, 5.41) is 0. The maximum Gasteiger partial charge on any atom is 0.144 e. The summed E-state index contributed by atoms with van der Waals surface area (Å²) >= 11 is -1.18. The highest BCUT2D eigenvalue weighted by atomic mass is 32.2. The third kappa shape index (κ3) is 7.75. The molecule has 0 radical (unpaired) electrons. The van der Waals surface area contributed by atoms with Gasteiger partial charge in [-0.25, -0.2) is 0 Å². The lowest BCUT2D eigenvalue weighted by atomic mass is 10.1. The molecule has 0 heterocycles. The van der Waals surface area contributed by atoms with Crippen molar-refractivity contribution in [1.82, 2.24) is 4.90 Å². The van der Waals surface area contributed by atoms with Crippen LogP contribution >= 0.6 is 0 Å². The van der Waals surface area contributed by atoms with Crippen molar-refractivity contribution in [3.05, 3.63) is 12.7 Å². The van der Waals surface area contributed by atoms with Crippen LogP contribution < -0.4 is 0 Å². The molecule has 0 aromatic rings. The molecule has 0 aliphatic carbocycles. The predicted molar refractivity (Wildman–Crippen MR) is 87.1 cm³/mol. The molecule has 0 bridgehead atoms. The fraction of sp³-hybridized carbons (Fsp3) is 0.800. The van der Waals surface area contributed by atoms with Crippen LogP contribution in [0.2, 0.25) is 0 Å². The van der Waals surface area contributed by atoms with Crippen LogP contribution in [0.25, 0.3) is 0 Å². The lowest BCUT2D eigenvalue weighted by Gasteiger charge is -2.28. The molecule has 2 unspecified atom stereocenters.